The number of aryl methyl sites for hydroxylation is 1. The molecule has 39 heavy (non-hydrogen) atoms. The van der Waals surface area contributed by atoms with Crippen molar-refractivity contribution in [3.05, 3.63) is 90.0 Å². The smallest absolute Gasteiger partial charge is 0.272 e. The van der Waals surface area contributed by atoms with E-state index in [1.807, 2.05) is 76.6 Å². The second kappa shape index (κ2) is 12.3. The summed E-state index contributed by atoms with van der Waals surface area (Å²) in [6.45, 7) is 3.74. The molecule has 0 spiro atoms. The van der Waals surface area contributed by atoms with Gasteiger partial charge in [0.2, 0.25) is 0 Å². The first-order valence-electron chi connectivity index (χ1n) is 12.7. The predicted octanol–water partition coefficient (Wildman–Crippen LogP) is 4.79. The van der Waals surface area contributed by atoms with Crippen LogP contribution in [-0.2, 0) is 0 Å². The standard InChI is InChI=1S/C30H34N6O3/c1-20-9-10-28(36(5)14-13-35(3)4)25(15-20)34-30(38)26-17-22(19-33-26)21-7-6-8-23(16-21)39-24-11-12-32-27(18-24)29(37)31-2/h6-12,15-19,33H,13-14H2,1-5H3,(H,31,37)(H,34,38). The van der Waals surface area contributed by atoms with E-state index in [2.05, 4.69) is 30.4 Å². The first-order valence-corrected chi connectivity index (χ1v) is 12.7. The highest BCUT2D eigenvalue weighted by Crippen LogP contribution is 2.30. The Labute approximate surface area is 228 Å². The molecule has 4 aromatic rings. The Morgan fingerprint density at radius 3 is 2.49 bits per heavy atom. The Kier molecular flexibility index (Phi) is 8.63. The van der Waals surface area contributed by atoms with Crippen molar-refractivity contribution in [2.75, 3.05) is 51.5 Å². The molecular formula is C30H34N6O3. The lowest BCUT2D eigenvalue weighted by atomic mass is 10.1. The zero-order chi connectivity index (χ0) is 27.9. The fourth-order valence-electron chi connectivity index (χ4n) is 4.04. The van der Waals surface area contributed by atoms with Crippen molar-refractivity contribution < 1.29 is 14.3 Å². The molecular weight excluding hydrogens is 492 g/mol. The van der Waals surface area contributed by atoms with Crippen molar-refractivity contribution >= 4 is 23.2 Å². The molecule has 0 saturated carbocycles. The van der Waals surface area contributed by atoms with E-state index >= 15 is 0 Å². The number of aromatic nitrogens is 2. The summed E-state index contributed by atoms with van der Waals surface area (Å²) in [6.07, 6.45) is 3.32. The van der Waals surface area contributed by atoms with E-state index in [0.29, 0.717) is 17.2 Å². The summed E-state index contributed by atoms with van der Waals surface area (Å²) in [5.41, 5.74) is 5.24. The van der Waals surface area contributed by atoms with Gasteiger partial charge < -0.3 is 30.2 Å². The molecule has 9 nitrogen and oxygen atoms in total. The molecule has 2 amide bonds. The van der Waals surface area contributed by atoms with Gasteiger partial charge in [-0.25, -0.2) is 0 Å². The number of nitrogens with zero attached hydrogens (tertiary/aromatic N) is 3. The summed E-state index contributed by atoms with van der Waals surface area (Å²) < 4.78 is 5.97. The normalized spacial score (nSPS) is 10.8. The van der Waals surface area contributed by atoms with E-state index in [0.717, 1.165) is 41.2 Å². The van der Waals surface area contributed by atoms with E-state index < -0.39 is 0 Å². The molecule has 0 unspecified atom stereocenters. The third-order valence-corrected chi connectivity index (χ3v) is 6.22. The number of ether oxygens (including phenoxy) is 1. The second-order valence-corrected chi connectivity index (χ2v) is 9.59. The van der Waals surface area contributed by atoms with Crippen LogP contribution in [0, 0.1) is 6.92 Å². The Balaban J connectivity index is 1.49. The van der Waals surface area contributed by atoms with Crippen LogP contribution in [0.25, 0.3) is 11.1 Å². The number of amides is 2. The Morgan fingerprint density at radius 1 is 0.923 bits per heavy atom. The molecule has 0 atom stereocenters. The summed E-state index contributed by atoms with van der Waals surface area (Å²) in [7, 11) is 7.66. The molecule has 0 aliphatic rings. The Hall–Kier alpha value is -4.63. The summed E-state index contributed by atoms with van der Waals surface area (Å²) in [4.78, 5) is 36.5. The van der Waals surface area contributed by atoms with Crippen LogP contribution >= 0.6 is 0 Å². The highest BCUT2D eigenvalue weighted by molar-refractivity contribution is 6.05. The summed E-state index contributed by atoms with van der Waals surface area (Å²) in [6, 6.07) is 18.7. The van der Waals surface area contributed by atoms with E-state index in [1.165, 1.54) is 6.20 Å². The molecule has 0 fully saturated rings. The molecule has 9 heteroatoms. The minimum absolute atomic E-state index is 0.222. The molecule has 2 aromatic carbocycles. The van der Waals surface area contributed by atoms with Crippen LogP contribution in [0.5, 0.6) is 11.5 Å². The van der Waals surface area contributed by atoms with Crippen LogP contribution < -0.4 is 20.3 Å². The van der Waals surface area contributed by atoms with Crippen molar-refractivity contribution in [3.8, 4) is 22.6 Å². The molecule has 3 N–H and O–H groups in total. The largest absolute Gasteiger partial charge is 0.457 e. The summed E-state index contributed by atoms with van der Waals surface area (Å²) in [5, 5.41) is 5.63. The number of pyridine rings is 1. The highest BCUT2D eigenvalue weighted by atomic mass is 16.5. The van der Waals surface area contributed by atoms with Crippen LogP contribution in [0.15, 0.2) is 73.1 Å². The first kappa shape index (κ1) is 27.4. The lowest BCUT2D eigenvalue weighted by Crippen LogP contribution is -2.29. The number of likely N-dealkylation sites (N-methyl/N-ethyl adjacent to an activating group) is 2. The van der Waals surface area contributed by atoms with E-state index in [9.17, 15) is 9.59 Å². The van der Waals surface area contributed by atoms with Gasteiger partial charge in [-0.05, 0) is 68.5 Å². The van der Waals surface area contributed by atoms with Gasteiger partial charge in [-0.15, -0.1) is 0 Å². The molecule has 0 saturated heterocycles. The number of carbonyl (C=O) groups excluding carboxylic acids is 2. The van der Waals surface area contributed by atoms with Crippen molar-refractivity contribution in [1.29, 1.82) is 0 Å². The van der Waals surface area contributed by atoms with E-state index in [-0.39, 0.29) is 17.5 Å². The van der Waals surface area contributed by atoms with Crippen LogP contribution in [0.2, 0.25) is 0 Å². The number of benzene rings is 2. The van der Waals surface area contributed by atoms with Gasteiger partial charge in [-0.2, -0.15) is 0 Å². The number of aromatic amines is 1. The number of nitrogens with one attached hydrogen (secondary N) is 3. The molecule has 4 rings (SSSR count). The minimum atomic E-state index is -0.287. The topological polar surface area (TPSA) is 103 Å². The zero-order valence-electron chi connectivity index (χ0n) is 22.9. The van der Waals surface area contributed by atoms with Crippen molar-refractivity contribution in [1.82, 2.24) is 20.2 Å². The molecule has 202 valence electrons. The SMILES string of the molecule is CNC(=O)c1cc(Oc2cccc(-c3c[nH]c(C(=O)Nc4cc(C)ccc4N(C)CCN(C)C)c3)c2)ccn1. The average Bonchev–Trinajstić information content (AvgIpc) is 3.42. The monoisotopic (exact) mass is 526 g/mol. The lowest BCUT2D eigenvalue weighted by molar-refractivity contribution is 0.0957. The van der Waals surface area contributed by atoms with Gasteiger partial charge >= 0.3 is 0 Å². The molecule has 2 aromatic heterocycles. The number of H-pyrrole nitrogens is 1. The molecule has 2 heterocycles. The van der Waals surface area contributed by atoms with Gasteiger partial charge in [0.15, 0.2) is 0 Å². The molecule has 0 bridgehead atoms. The van der Waals surface area contributed by atoms with Gasteiger partial charge in [0, 0.05) is 51.2 Å². The van der Waals surface area contributed by atoms with Gasteiger partial charge in [-0.3, -0.25) is 14.6 Å². The second-order valence-electron chi connectivity index (χ2n) is 9.59. The van der Waals surface area contributed by atoms with Crippen LogP contribution in [-0.4, -0.2) is 68.0 Å². The number of rotatable bonds is 10. The maximum absolute atomic E-state index is 13.2. The Morgan fingerprint density at radius 2 is 1.72 bits per heavy atom. The number of hydrogen-bond donors (Lipinski definition) is 3. The average molecular weight is 527 g/mol. The van der Waals surface area contributed by atoms with Gasteiger partial charge in [0.25, 0.3) is 11.8 Å². The van der Waals surface area contributed by atoms with E-state index in [1.54, 1.807) is 25.4 Å². The third kappa shape index (κ3) is 7.03. The predicted molar refractivity (Wildman–Crippen MR) is 155 cm³/mol. The van der Waals surface area contributed by atoms with Crippen LogP contribution in [0.4, 0.5) is 11.4 Å². The number of hydrogen-bond acceptors (Lipinski definition) is 6. The maximum Gasteiger partial charge on any atom is 0.272 e. The molecule has 0 aliphatic carbocycles. The van der Waals surface area contributed by atoms with Crippen LogP contribution in [0.1, 0.15) is 26.5 Å². The van der Waals surface area contributed by atoms with Gasteiger partial charge in [-0.1, -0.05) is 18.2 Å². The summed E-state index contributed by atoms with van der Waals surface area (Å²) >= 11 is 0. The van der Waals surface area contributed by atoms with Crippen LogP contribution in [0.3, 0.4) is 0 Å². The maximum atomic E-state index is 13.2. The van der Waals surface area contributed by atoms with Gasteiger partial charge in [0.1, 0.15) is 22.9 Å². The van der Waals surface area contributed by atoms with Gasteiger partial charge in [0.05, 0.1) is 11.4 Å². The third-order valence-electron chi connectivity index (χ3n) is 6.22. The number of anilines is 2. The minimum Gasteiger partial charge on any atom is -0.457 e. The fourth-order valence-corrected chi connectivity index (χ4v) is 4.04. The summed E-state index contributed by atoms with van der Waals surface area (Å²) in [5.74, 6) is 0.587. The lowest BCUT2D eigenvalue weighted by Gasteiger charge is -2.24. The Bertz CT molecular complexity index is 1460. The number of carbonyl (C=O) groups is 2. The van der Waals surface area contributed by atoms with Crippen molar-refractivity contribution in [2.45, 2.75) is 6.92 Å². The zero-order valence-corrected chi connectivity index (χ0v) is 22.9. The molecule has 0 aliphatic heterocycles. The highest BCUT2D eigenvalue weighted by Gasteiger charge is 2.15. The van der Waals surface area contributed by atoms with E-state index in [4.69, 9.17) is 4.74 Å². The first-order chi connectivity index (χ1) is 18.7. The van der Waals surface area contributed by atoms with Crippen molar-refractivity contribution in [2.24, 2.45) is 0 Å². The quantitative estimate of drug-likeness (QED) is 0.275. The fraction of sp³-hybridized carbons (Fsp3) is 0.233. The molecule has 0 radical (unpaired) electrons. The van der Waals surface area contributed by atoms with Crippen molar-refractivity contribution in [3.63, 3.8) is 0 Å².